The average molecular weight is 505 g/mol. The van der Waals surface area contributed by atoms with E-state index in [4.69, 9.17) is 27.1 Å². The molecule has 7 heteroatoms. The van der Waals surface area contributed by atoms with Gasteiger partial charge in [0.15, 0.2) is 0 Å². The van der Waals surface area contributed by atoms with Crippen LogP contribution in [0.15, 0.2) is 36.4 Å². The minimum Gasteiger partial charge on any atom is -0.497 e. The summed E-state index contributed by atoms with van der Waals surface area (Å²) in [5, 5.41) is 1.33. The molecule has 1 heterocycles. The fourth-order valence-electron chi connectivity index (χ4n) is 3.66. The number of nitrogens with two attached hydrogens (primary N) is 1. The van der Waals surface area contributed by atoms with Crippen LogP contribution in [0.2, 0.25) is 5.02 Å². The van der Waals surface area contributed by atoms with E-state index in [1.165, 1.54) is 24.2 Å². The molecule has 0 radical (unpaired) electrons. The number of aryl methyl sites for hydroxylation is 2. The number of nitrogens with zero attached hydrogens (tertiary/aromatic N) is 1. The number of methoxy groups -OCH3 is 1. The summed E-state index contributed by atoms with van der Waals surface area (Å²) >= 11 is 7.97. The van der Waals surface area contributed by atoms with Gasteiger partial charge in [0.2, 0.25) is 0 Å². The Labute approximate surface area is 209 Å². The van der Waals surface area contributed by atoms with Gasteiger partial charge in [-0.15, -0.1) is 23.7 Å². The van der Waals surface area contributed by atoms with Gasteiger partial charge in [0.05, 0.1) is 17.8 Å². The topological polar surface area (TPSA) is 48.1 Å². The van der Waals surface area contributed by atoms with Gasteiger partial charge in [-0.25, -0.2) is 9.37 Å². The van der Waals surface area contributed by atoms with Crippen LogP contribution in [-0.2, 0) is 0 Å². The molecule has 1 saturated carbocycles. The second-order valence-corrected chi connectivity index (χ2v) is 9.95. The highest BCUT2D eigenvalue weighted by atomic mass is 35.5. The SMILES string of the molecule is COc1ccc(-c2nc(C(N)C#C[C@@H](CC3CC3)c3ccc(C)c(F)c3)sc2C)c(Cl)c1.Cl. The molecule has 174 valence electrons. The van der Waals surface area contributed by atoms with E-state index in [0.717, 1.165) is 33.1 Å². The van der Waals surface area contributed by atoms with E-state index in [9.17, 15) is 4.39 Å². The molecule has 1 aliphatic rings. The summed E-state index contributed by atoms with van der Waals surface area (Å²) < 4.78 is 19.4. The zero-order chi connectivity index (χ0) is 22.8. The lowest BCUT2D eigenvalue weighted by Crippen LogP contribution is -2.08. The summed E-state index contributed by atoms with van der Waals surface area (Å²) in [6, 6.07) is 10.4. The predicted octanol–water partition coefficient (Wildman–Crippen LogP) is 7.24. The second-order valence-electron chi connectivity index (χ2n) is 8.31. The van der Waals surface area contributed by atoms with Gasteiger partial charge in [-0.2, -0.15) is 0 Å². The zero-order valence-electron chi connectivity index (χ0n) is 18.8. The Morgan fingerprint density at radius 3 is 2.61 bits per heavy atom. The number of aromatic nitrogens is 1. The summed E-state index contributed by atoms with van der Waals surface area (Å²) in [6.45, 7) is 3.77. The third-order valence-corrected chi connectivity index (χ3v) is 7.15. The molecule has 1 aromatic heterocycles. The molecule has 4 rings (SSSR count). The van der Waals surface area contributed by atoms with Crippen LogP contribution >= 0.6 is 35.3 Å². The Morgan fingerprint density at radius 1 is 1.21 bits per heavy atom. The number of rotatable bonds is 6. The second kappa shape index (κ2) is 10.9. The maximum absolute atomic E-state index is 14.1. The molecule has 3 nitrogen and oxygen atoms in total. The van der Waals surface area contributed by atoms with Gasteiger partial charge in [-0.05, 0) is 61.6 Å². The summed E-state index contributed by atoms with van der Waals surface area (Å²) in [5.41, 5.74) is 9.63. The smallest absolute Gasteiger partial charge is 0.126 e. The Balaban J connectivity index is 0.00000306. The maximum atomic E-state index is 14.1. The van der Waals surface area contributed by atoms with Crippen LogP contribution in [0.1, 0.15) is 52.2 Å². The fraction of sp³-hybridized carbons (Fsp3) is 0.346. The number of ether oxygens (including phenoxy) is 1. The van der Waals surface area contributed by atoms with E-state index in [1.54, 1.807) is 26.2 Å². The minimum absolute atomic E-state index is 0. The highest BCUT2D eigenvalue weighted by Gasteiger charge is 2.26. The van der Waals surface area contributed by atoms with Gasteiger partial charge in [-0.3, -0.25) is 0 Å². The first kappa shape index (κ1) is 25.5. The highest BCUT2D eigenvalue weighted by molar-refractivity contribution is 7.12. The average Bonchev–Trinajstić information content (AvgIpc) is 3.52. The molecule has 0 amide bonds. The number of hydrogen-bond acceptors (Lipinski definition) is 4. The van der Waals surface area contributed by atoms with Crippen LogP contribution < -0.4 is 10.5 Å². The molecule has 0 spiro atoms. The van der Waals surface area contributed by atoms with Crippen molar-refractivity contribution in [2.75, 3.05) is 7.11 Å². The van der Waals surface area contributed by atoms with E-state index < -0.39 is 6.04 Å². The third kappa shape index (κ3) is 6.07. The van der Waals surface area contributed by atoms with E-state index in [0.29, 0.717) is 22.3 Å². The normalized spacial score (nSPS) is 14.6. The van der Waals surface area contributed by atoms with Gasteiger partial charge in [-0.1, -0.05) is 48.4 Å². The van der Waals surface area contributed by atoms with Crippen molar-refractivity contribution < 1.29 is 9.13 Å². The van der Waals surface area contributed by atoms with E-state index >= 15 is 0 Å². The monoisotopic (exact) mass is 504 g/mol. The first-order valence-corrected chi connectivity index (χ1v) is 11.9. The molecule has 2 N–H and O–H groups in total. The van der Waals surface area contributed by atoms with Crippen LogP contribution in [0.4, 0.5) is 4.39 Å². The van der Waals surface area contributed by atoms with Gasteiger partial charge in [0.1, 0.15) is 22.6 Å². The van der Waals surface area contributed by atoms with Crippen molar-refractivity contribution >= 4 is 35.3 Å². The van der Waals surface area contributed by atoms with Crippen molar-refractivity contribution in [3.63, 3.8) is 0 Å². The zero-order valence-corrected chi connectivity index (χ0v) is 21.2. The molecule has 33 heavy (non-hydrogen) atoms. The summed E-state index contributed by atoms with van der Waals surface area (Å²) in [4.78, 5) is 5.78. The van der Waals surface area contributed by atoms with Crippen molar-refractivity contribution in [3.05, 3.63) is 68.2 Å². The first-order valence-electron chi connectivity index (χ1n) is 10.7. The highest BCUT2D eigenvalue weighted by Crippen LogP contribution is 2.39. The maximum Gasteiger partial charge on any atom is 0.126 e. The Kier molecular flexibility index (Phi) is 8.42. The standard InChI is InChI=1S/C26H26ClFN2OS.ClH/c1-15-4-7-19(13-23(15)28)18(12-17-5-6-17)8-11-24(29)26-30-25(16(2)32-26)21-10-9-20(31-3)14-22(21)27;/h4,7,9-10,13-14,17-18,24H,5-6,12,29H2,1-3H3;1H/t18-,24?;/m0./s1. The molecule has 1 aliphatic carbocycles. The summed E-state index contributed by atoms with van der Waals surface area (Å²) in [6.07, 6.45) is 3.37. The predicted molar refractivity (Wildman–Crippen MR) is 137 cm³/mol. The van der Waals surface area contributed by atoms with Crippen molar-refractivity contribution in [1.29, 1.82) is 0 Å². The Morgan fingerprint density at radius 2 is 1.97 bits per heavy atom. The van der Waals surface area contributed by atoms with Crippen LogP contribution in [0.25, 0.3) is 11.3 Å². The number of halogens is 3. The Hall–Kier alpha value is -2.10. The molecular formula is C26H27Cl2FN2OS. The molecule has 0 aliphatic heterocycles. The van der Waals surface area contributed by atoms with Gasteiger partial charge in [0, 0.05) is 16.4 Å². The summed E-state index contributed by atoms with van der Waals surface area (Å²) in [7, 11) is 1.61. The Bertz CT molecular complexity index is 1200. The van der Waals surface area contributed by atoms with E-state index in [2.05, 4.69) is 11.8 Å². The van der Waals surface area contributed by atoms with Crippen LogP contribution in [0.5, 0.6) is 5.75 Å². The molecular weight excluding hydrogens is 478 g/mol. The van der Waals surface area contributed by atoms with Crippen molar-refractivity contribution in [3.8, 4) is 28.8 Å². The van der Waals surface area contributed by atoms with E-state index in [-0.39, 0.29) is 24.1 Å². The van der Waals surface area contributed by atoms with Crippen molar-refractivity contribution in [2.24, 2.45) is 11.7 Å². The quantitative estimate of drug-likeness (QED) is 0.360. The third-order valence-electron chi connectivity index (χ3n) is 5.79. The number of benzene rings is 2. The van der Waals surface area contributed by atoms with Gasteiger partial charge < -0.3 is 10.5 Å². The van der Waals surface area contributed by atoms with Gasteiger partial charge >= 0.3 is 0 Å². The molecule has 2 atom stereocenters. The largest absolute Gasteiger partial charge is 0.497 e. The molecule has 1 unspecified atom stereocenters. The van der Waals surface area contributed by atoms with Gasteiger partial charge in [0.25, 0.3) is 0 Å². The number of thiazole rings is 1. The lowest BCUT2D eigenvalue weighted by atomic mass is 9.93. The van der Waals surface area contributed by atoms with Crippen molar-refractivity contribution in [2.45, 2.75) is 45.1 Å². The van der Waals surface area contributed by atoms with Crippen LogP contribution in [0.3, 0.4) is 0 Å². The molecule has 2 aromatic carbocycles. The van der Waals surface area contributed by atoms with Crippen molar-refractivity contribution in [1.82, 2.24) is 4.98 Å². The molecule has 1 fully saturated rings. The van der Waals surface area contributed by atoms with Crippen LogP contribution in [-0.4, -0.2) is 12.1 Å². The number of hydrogen-bond donors (Lipinski definition) is 1. The summed E-state index contributed by atoms with van der Waals surface area (Å²) in [5.74, 6) is 7.67. The minimum atomic E-state index is -0.513. The fourth-order valence-corrected chi connectivity index (χ4v) is 4.81. The molecule has 0 saturated heterocycles. The lowest BCUT2D eigenvalue weighted by molar-refractivity contribution is 0.415. The lowest BCUT2D eigenvalue weighted by Gasteiger charge is -2.12. The van der Waals surface area contributed by atoms with Crippen LogP contribution in [0, 0.1) is 37.4 Å². The molecule has 0 bridgehead atoms. The first-order chi connectivity index (χ1) is 15.4. The van der Waals surface area contributed by atoms with E-state index in [1.807, 2.05) is 31.2 Å². The molecule has 3 aromatic rings.